The molecule has 0 bridgehead atoms. The summed E-state index contributed by atoms with van der Waals surface area (Å²) in [7, 11) is 1.96. The lowest BCUT2D eigenvalue weighted by Gasteiger charge is -2.17. The molecule has 0 saturated heterocycles. The largest absolute Gasteiger partial charge is 0.379 e. The van der Waals surface area contributed by atoms with Crippen molar-refractivity contribution in [2.24, 2.45) is 0 Å². The van der Waals surface area contributed by atoms with E-state index in [0.717, 1.165) is 25.3 Å². The van der Waals surface area contributed by atoms with Gasteiger partial charge < -0.3 is 10.1 Å². The molecule has 4 nitrogen and oxygen atoms in total. The third-order valence-corrected chi connectivity index (χ3v) is 2.57. The molecule has 92 valence electrons. The predicted molar refractivity (Wildman–Crippen MR) is 65.5 cm³/mol. The molecular formula is C12H23N3O. The Morgan fingerprint density at radius 1 is 1.50 bits per heavy atom. The Hall–Kier alpha value is -0.870. The quantitative estimate of drug-likeness (QED) is 0.720. The van der Waals surface area contributed by atoms with E-state index in [9.17, 15) is 0 Å². The predicted octanol–water partition coefficient (Wildman–Crippen LogP) is 1.90. The van der Waals surface area contributed by atoms with E-state index in [1.807, 2.05) is 18.7 Å². The molecule has 16 heavy (non-hydrogen) atoms. The molecule has 1 rings (SSSR count). The Morgan fingerprint density at radius 3 is 2.81 bits per heavy atom. The van der Waals surface area contributed by atoms with Crippen LogP contribution in [-0.2, 0) is 11.3 Å². The number of nitrogens with one attached hydrogen (secondary N) is 1. The molecule has 1 N–H and O–H groups in total. The van der Waals surface area contributed by atoms with Crippen LogP contribution in [0.25, 0.3) is 0 Å². The van der Waals surface area contributed by atoms with Crippen LogP contribution in [0, 0.1) is 6.92 Å². The van der Waals surface area contributed by atoms with Gasteiger partial charge in [-0.1, -0.05) is 6.92 Å². The molecule has 0 saturated carbocycles. The van der Waals surface area contributed by atoms with E-state index in [2.05, 4.69) is 30.3 Å². The fourth-order valence-electron chi connectivity index (χ4n) is 1.76. The highest BCUT2D eigenvalue weighted by molar-refractivity contribution is 5.13. The molecule has 0 amide bonds. The first kappa shape index (κ1) is 13.2. The number of likely N-dealkylation sites (N-methyl/N-ethyl adjacent to an activating group) is 1. The Balaban J connectivity index is 2.69. The van der Waals surface area contributed by atoms with E-state index in [-0.39, 0.29) is 6.04 Å². The number of aryl methyl sites for hydroxylation is 2. The van der Waals surface area contributed by atoms with Gasteiger partial charge in [0.1, 0.15) is 0 Å². The van der Waals surface area contributed by atoms with E-state index < -0.39 is 0 Å². The smallest absolute Gasteiger partial charge is 0.0727 e. The van der Waals surface area contributed by atoms with Gasteiger partial charge in [0.15, 0.2) is 0 Å². The van der Waals surface area contributed by atoms with Crippen LogP contribution in [0.5, 0.6) is 0 Å². The maximum atomic E-state index is 5.60. The summed E-state index contributed by atoms with van der Waals surface area (Å²) < 4.78 is 7.63. The first-order chi connectivity index (χ1) is 7.72. The molecule has 0 radical (unpaired) electrons. The maximum Gasteiger partial charge on any atom is 0.0727 e. The molecule has 0 aliphatic rings. The SMILES string of the molecule is CCCOCC(NC)c1cc(C)nn1CC. The molecule has 1 heterocycles. The number of nitrogens with zero attached hydrogens (tertiary/aromatic N) is 2. The summed E-state index contributed by atoms with van der Waals surface area (Å²) in [5, 5.41) is 7.73. The summed E-state index contributed by atoms with van der Waals surface area (Å²) >= 11 is 0. The van der Waals surface area contributed by atoms with E-state index >= 15 is 0 Å². The number of aromatic nitrogens is 2. The van der Waals surface area contributed by atoms with E-state index in [4.69, 9.17) is 4.74 Å². The van der Waals surface area contributed by atoms with Crippen molar-refractivity contribution in [2.75, 3.05) is 20.3 Å². The molecule has 1 unspecified atom stereocenters. The van der Waals surface area contributed by atoms with Crippen molar-refractivity contribution in [1.82, 2.24) is 15.1 Å². The van der Waals surface area contributed by atoms with Crippen LogP contribution in [0.4, 0.5) is 0 Å². The number of ether oxygens (including phenoxy) is 1. The normalized spacial score (nSPS) is 13.0. The van der Waals surface area contributed by atoms with Crippen molar-refractivity contribution in [3.63, 3.8) is 0 Å². The monoisotopic (exact) mass is 225 g/mol. The van der Waals surface area contributed by atoms with Crippen molar-refractivity contribution in [3.8, 4) is 0 Å². The van der Waals surface area contributed by atoms with Gasteiger partial charge in [0.2, 0.25) is 0 Å². The number of hydrogen-bond acceptors (Lipinski definition) is 3. The molecule has 1 atom stereocenters. The van der Waals surface area contributed by atoms with Gasteiger partial charge >= 0.3 is 0 Å². The van der Waals surface area contributed by atoms with Crippen LogP contribution in [-0.4, -0.2) is 30.0 Å². The van der Waals surface area contributed by atoms with Gasteiger partial charge in [-0.15, -0.1) is 0 Å². The lowest BCUT2D eigenvalue weighted by atomic mass is 10.2. The highest BCUT2D eigenvalue weighted by Crippen LogP contribution is 2.14. The Bertz CT molecular complexity index is 309. The van der Waals surface area contributed by atoms with Gasteiger partial charge in [0.05, 0.1) is 24.0 Å². The third kappa shape index (κ3) is 3.32. The summed E-state index contributed by atoms with van der Waals surface area (Å²) in [5.74, 6) is 0. The van der Waals surface area contributed by atoms with Crippen LogP contribution in [0.15, 0.2) is 6.07 Å². The van der Waals surface area contributed by atoms with Crippen molar-refractivity contribution in [3.05, 3.63) is 17.5 Å². The second-order valence-corrected chi connectivity index (χ2v) is 3.94. The Morgan fingerprint density at radius 2 is 2.25 bits per heavy atom. The van der Waals surface area contributed by atoms with Gasteiger partial charge in [-0.2, -0.15) is 5.10 Å². The Kier molecular flexibility index (Phi) is 5.49. The van der Waals surface area contributed by atoms with Crippen LogP contribution in [0.3, 0.4) is 0 Å². The highest BCUT2D eigenvalue weighted by Gasteiger charge is 2.15. The van der Waals surface area contributed by atoms with Crippen LogP contribution < -0.4 is 5.32 Å². The van der Waals surface area contributed by atoms with Crippen molar-refractivity contribution in [2.45, 2.75) is 39.8 Å². The first-order valence-electron chi connectivity index (χ1n) is 6.02. The molecule has 0 aromatic carbocycles. The van der Waals surface area contributed by atoms with E-state index in [1.54, 1.807) is 0 Å². The summed E-state index contributed by atoms with van der Waals surface area (Å²) in [5.41, 5.74) is 2.27. The van der Waals surface area contributed by atoms with E-state index in [1.165, 1.54) is 5.69 Å². The molecule has 0 aliphatic carbocycles. The molecule has 0 fully saturated rings. The molecule has 0 aliphatic heterocycles. The zero-order valence-corrected chi connectivity index (χ0v) is 10.8. The fourth-order valence-corrected chi connectivity index (χ4v) is 1.76. The highest BCUT2D eigenvalue weighted by atomic mass is 16.5. The van der Waals surface area contributed by atoms with Crippen molar-refractivity contribution in [1.29, 1.82) is 0 Å². The van der Waals surface area contributed by atoms with E-state index in [0.29, 0.717) is 6.61 Å². The second kappa shape index (κ2) is 6.66. The maximum absolute atomic E-state index is 5.60. The van der Waals surface area contributed by atoms with Gasteiger partial charge in [0, 0.05) is 13.2 Å². The average molecular weight is 225 g/mol. The van der Waals surface area contributed by atoms with Crippen LogP contribution >= 0.6 is 0 Å². The number of hydrogen-bond donors (Lipinski definition) is 1. The van der Waals surface area contributed by atoms with Gasteiger partial charge in [-0.3, -0.25) is 4.68 Å². The second-order valence-electron chi connectivity index (χ2n) is 3.94. The van der Waals surface area contributed by atoms with Crippen LogP contribution in [0.1, 0.15) is 37.7 Å². The molecule has 0 spiro atoms. The standard InChI is InChI=1S/C12H23N3O/c1-5-7-16-9-11(13-4)12-8-10(3)14-15(12)6-2/h8,11,13H,5-7,9H2,1-4H3. The topological polar surface area (TPSA) is 39.1 Å². The summed E-state index contributed by atoms with van der Waals surface area (Å²) in [6.07, 6.45) is 1.06. The van der Waals surface area contributed by atoms with Gasteiger partial charge in [-0.25, -0.2) is 0 Å². The molecule has 1 aromatic heterocycles. The summed E-state index contributed by atoms with van der Waals surface area (Å²) in [6, 6.07) is 2.35. The van der Waals surface area contributed by atoms with Crippen molar-refractivity contribution < 1.29 is 4.74 Å². The molecular weight excluding hydrogens is 202 g/mol. The number of rotatable bonds is 7. The van der Waals surface area contributed by atoms with Gasteiger partial charge in [-0.05, 0) is 33.4 Å². The molecule has 1 aromatic rings. The first-order valence-corrected chi connectivity index (χ1v) is 6.02. The minimum atomic E-state index is 0.229. The minimum absolute atomic E-state index is 0.229. The summed E-state index contributed by atoms with van der Waals surface area (Å²) in [6.45, 7) is 8.67. The van der Waals surface area contributed by atoms with Crippen molar-refractivity contribution >= 4 is 0 Å². The van der Waals surface area contributed by atoms with Gasteiger partial charge in [0.25, 0.3) is 0 Å². The third-order valence-electron chi connectivity index (χ3n) is 2.57. The fraction of sp³-hybridized carbons (Fsp3) is 0.750. The zero-order chi connectivity index (χ0) is 12.0. The zero-order valence-electron chi connectivity index (χ0n) is 10.8. The summed E-state index contributed by atoms with van der Waals surface area (Å²) in [4.78, 5) is 0. The molecule has 4 heteroatoms. The minimum Gasteiger partial charge on any atom is -0.379 e. The average Bonchev–Trinajstić information content (AvgIpc) is 2.66. The Labute approximate surface area is 98.0 Å². The lowest BCUT2D eigenvalue weighted by molar-refractivity contribution is 0.111. The lowest BCUT2D eigenvalue weighted by Crippen LogP contribution is -2.25. The van der Waals surface area contributed by atoms with Crippen LogP contribution in [0.2, 0.25) is 0 Å².